The molecule has 3 N–H and O–H groups in total. The highest BCUT2D eigenvalue weighted by Crippen LogP contribution is 2.28. The monoisotopic (exact) mass is 356 g/mol. The number of hydrogen-bond donors (Lipinski definition) is 2. The molecule has 2 atom stereocenters. The fourth-order valence-electron chi connectivity index (χ4n) is 1.75. The maximum atomic E-state index is 12.2. The molecule has 0 aliphatic heterocycles. The number of carbonyl (C=O) groups is 1. The van der Waals surface area contributed by atoms with E-state index in [1.54, 1.807) is 6.92 Å². The van der Waals surface area contributed by atoms with E-state index < -0.39 is 6.10 Å². The zero-order chi connectivity index (χ0) is 16.2. The molecule has 0 bridgehead atoms. The SMILES string of the molecule is CCC(C)(C)NC(=O)C(C)Oc1ccc(Br)cc1[C@@H](C)N. The van der Waals surface area contributed by atoms with Crippen LogP contribution in [0.3, 0.4) is 0 Å². The highest BCUT2D eigenvalue weighted by Gasteiger charge is 2.23. The standard InChI is InChI=1S/C16H25BrN2O2/c1-6-16(4,5)19-15(20)11(3)21-14-8-7-12(17)9-13(14)10(2)18/h7-11H,6,18H2,1-5H3,(H,19,20)/t10-,11?/m1/s1. The van der Waals surface area contributed by atoms with Crippen LogP contribution >= 0.6 is 15.9 Å². The lowest BCUT2D eigenvalue weighted by molar-refractivity contribution is -0.129. The van der Waals surface area contributed by atoms with E-state index in [2.05, 4.69) is 21.2 Å². The first-order chi connectivity index (χ1) is 9.66. The lowest BCUT2D eigenvalue weighted by atomic mass is 10.0. The number of nitrogens with two attached hydrogens (primary N) is 1. The predicted octanol–water partition coefficient (Wildman–Crippen LogP) is 3.54. The maximum absolute atomic E-state index is 12.2. The van der Waals surface area contributed by atoms with Crippen molar-refractivity contribution in [3.8, 4) is 5.75 Å². The molecule has 0 aliphatic rings. The second-order valence-electron chi connectivity index (χ2n) is 5.96. The third kappa shape index (κ3) is 5.32. The molecule has 0 spiro atoms. The first kappa shape index (κ1) is 18.0. The molecule has 1 aromatic carbocycles. The van der Waals surface area contributed by atoms with Crippen molar-refractivity contribution < 1.29 is 9.53 Å². The van der Waals surface area contributed by atoms with Crippen molar-refractivity contribution in [1.82, 2.24) is 5.32 Å². The normalized spacial score (nSPS) is 14.4. The van der Waals surface area contributed by atoms with Gasteiger partial charge in [0.2, 0.25) is 0 Å². The summed E-state index contributed by atoms with van der Waals surface area (Å²) in [7, 11) is 0. The summed E-state index contributed by atoms with van der Waals surface area (Å²) >= 11 is 3.42. The van der Waals surface area contributed by atoms with E-state index in [-0.39, 0.29) is 17.5 Å². The highest BCUT2D eigenvalue weighted by molar-refractivity contribution is 9.10. The fourth-order valence-corrected chi connectivity index (χ4v) is 2.13. The van der Waals surface area contributed by atoms with Crippen molar-refractivity contribution in [3.05, 3.63) is 28.2 Å². The van der Waals surface area contributed by atoms with E-state index in [1.807, 2.05) is 45.9 Å². The van der Waals surface area contributed by atoms with Gasteiger partial charge in [-0.05, 0) is 52.3 Å². The quantitative estimate of drug-likeness (QED) is 0.819. The van der Waals surface area contributed by atoms with Crippen molar-refractivity contribution in [2.45, 2.75) is 58.7 Å². The molecule has 0 radical (unpaired) electrons. The van der Waals surface area contributed by atoms with Gasteiger partial charge in [0.05, 0.1) is 0 Å². The molecule has 118 valence electrons. The van der Waals surface area contributed by atoms with E-state index in [9.17, 15) is 4.79 Å². The van der Waals surface area contributed by atoms with Gasteiger partial charge in [-0.3, -0.25) is 4.79 Å². The number of nitrogens with one attached hydrogen (secondary N) is 1. The van der Waals surface area contributed by atoms with Gasteiger partial charge in [0.15, 0.2) is 6.10 Å². The zero-order valence-electron chi connectivity index (χ0n) is 13.4. The second kappa shape index (κ2) is 7.27. The summed E-state index contributed by atoms with van der Waals surface area (Å²) in [6, 6.07) is 5.46. The van der Waals surface area contributed by atoms with Crippen molar-refractivity contribution in [3.63, 3.8) is 0 Å². The van der Waals surface area contributed by atoms with Crippen molar-refractivity contribution in [1.29, 1.82) is 0 Å². The van der Waals surface area contributed by atoms with E-state index >= 15 is 0 Å². The molecule has 5 heteroatoms. The third-order valence-corrected chi connectivity index (χ3v) is 3.97. The number of halogens is 1. The molecular weight excluding hydrogens is 332 g/mol. The summed E-state index contributed by atoms with van der Waals surface area (Å²) in [6.07, 6.45) is 0.281. The van der Waals surface area contributed by atoms with E-state index in [0.717, 1.165) is 16.5 Å². The Bertz CT molecular complexity index is 501. The number of benzene rings is 1. The van der Waals surface area contributed by atoms with Crippen LogP contribution in [0.15, 0.2) is 22.7 Å². The van der Waals surface area contributed by atoms with Crippen LogP contribution in [-0.2, 0) is 4.79 Å². The molecule has 1 aromatic rings. The summed E-state index contributed by atoms with van der Waals surface area (Å²) in [5, 5.41) is 2.98. The Morgan fingerprint density at radius 3 is 2.57 bits per heavy atom. The van der Waals surface area contributed by atoms with Gasteiger partial charge in [-0.15, -0.1) is 0 Å². The van der Waals surface area contributed by atoms with Crippen LogP contribution in [-0.4, -0.2) is 17.6 Å². The topological polar surface area (TPSA) is 64.3 Å². The van der Waals surface area contributed by atoms with Gasteiger partial charge in [-0.2, -0.15) is 0 Å². The third-order valence-electron chi connectivity index (χ3n) is 3.48. The van der Waals surface area contributed by atoms with Gasteiger partial charge in [-0.1, -0.05) is 22.9 Å². The van der Waals surface area contributed by atoms with Crippen LogP contribution in [0.25, 0.3) is 0 Å². The van der Waals surface area contributed by atoms with Crippen LogP contribution in [0.4, 0.5) is 0 Å². The van der Waals surface area contributed by atoms with Crippen molar-refractivity contribution in [2.24, 2.45) is 5.73 Å². The van der Waals surface area contributed by atoms with Crippen LogP contribution in [0.2, 0.25) is 0 Å². The van der Waals surface area contributed by atoms with Crippen LogP contribution in [0.5, 0.6) is 5.75 Å². The summed E-state index contributed by atoms with van der Waals surface area (Å²) < 4.78 is 6.74. The number of carbonyl (C=O) groups excluding carboxylic acids is 1. The molecular formula is C16H25BrN2O2. The molecule has 0 fully saturated rings. The predicted molar refractivity (Wildman–Crippen MR) is 89.3 cm³/mol. The number of rotatable bonds is 6. The Kier molecular flexibility index (Phi) is 6.23. The van der Waals surface area contributed by atoms with Gasteiger partial charge in [-0.25, -0.2) is 0 Å². The Labute approximate surface area is 135 Å². The largest absolute Gasteiger partial charge is 0.481 e. The van der Waals surface area contributed by atoms with Gasteiger partial charge < -0.3 is 15.8 Å². The molecule has 4 nitrogen and oxygen atoms in total. The summed E-state index contributed by atoms with van der Waals surface area (Å²) in [5.41, 5.74) is 6.59. The fraction of sp³-hybridized carbons (Fsp3) is 0.562. The number of ether oxygens (including phenoxy) is 1. The maximum Gasteiger partial charge on any atom is 0.261 e. The van der Waals surface area contributed by atoms with Crippen molar-refractivity contribution >= 4 is 21.8 Å². The lowest BCUT2D eigenvalue weighted by Crippen LogP contribution is -2.48. The lowest BCUT2D eigenvalue weighted by Gasteiger charge is -2.27. The van der Waals surface area contributed by atoms with E-state index in [4.69, 9.17) is 10.5 Å². The van der Waals surface area contributed by atoms with Crippen LogP contribution < -0.4 is 15.8 Å². The smallest absolute Gasteiger partial charge is 0.261 e. The minimum absolute atomic E-state index is 0.125. The van der Waals surface area contributed by atoms with Gasteiger partial charge in [0.1, 0.15) is 5.75 Å². The second-order valence-corrected chi connectivity index (χ2v) is 6.87. The first-order valence-corrected chi connectivity index (χ1v) is 7.99. The average Bonchev–Trinajstić information content (AvgIpc) is 2.40. The average molecular weight is 357 g/mol. The van der Waals surface area contributed by atoms with Gasteiger partial charge in [0, 0.05) is 21.6 Å². The molecule has 0 aliphatic carbocycles. The molecule has 1 rings (SSSR count). The van der Waals surface area contributed by atoms with Gasteiger partial charge in [0.25, 0.3) is 5.91 Å². The van der Waals surface area contributed by atoms with E-state index in [0.29, 0.717) is 5.75 Å². The molecule has 1 amide bonds. The first-order valence-electron chi connectivity index (χ1n) is 7.20. The number of amides is 1. The Balaban J connectivity index is 2.84. The molecule has 0 saturated heterocycles. The van der Waals surface area contributed by atoms with Gasteiger partial charge >= 0.3 is 0 Å². The summed E-state index contributed by atoms with van der Waals surface area (Å²) in [6.45, 7) is 9.65. The molecule has 0 aromatic heterocycles. The Morgan fingerprint density at radius 2 is 2.05 bits per heavy atom. The van der Waals surface area contributed by atoms with Crippen LogP contribution in [0.1, 0.15) is 52.6 Å². The Hall–Kier alpha value is -1.07. The summed E-state index contributed by atoms with van der Waals surface area (Å²) in [4.78, 5) is 12.2. The molecule has 21 heavy (non-hydrogen) atoms. The minimum Gasteiger partial charge on any atom is -0.481 e. The highest BCUT2D eigenvalue weighted by atomic mass is 79.9. The zero-order valence-corrected chi connectivity index (χ0v) is 15.0. The van der Waals surface area contributed by atoms with E-state index in [1.165, 1.54) is 0 Å². The van der Waals surface area contributed by atoms with Crippen LogP contribution in [0, 0.1) is 0 Å². The molecule has 1 unspecified atom stereocenters. The minimum atomic E-state index is -0.575. The summed E-state index contributed by atoms with van der Waals surface area (Å²) in [5.74, 6) is 0.519. The van der Waals surface area contributed by atoms with Crippen molar-refractivity contribution in [2.75, 3.05) is 0 Å². The number of hydrogen-bond acceptors (Lipinski definition) is 3. The molecule has 0 saturated carbocycles. The Morgan fingerprint density at radius 1 is 1.43 bits per heavy atom. The molecule has 0 heterocycles.